The van der Waals surface area contributed by atoms with Crippen molar-refractivity contribution in [3.63, 3.8) is 0 Å². The van der Waals surface area contributed by atoms with Crippen LogP contribution in [0.1, 0.15) is 0 Å². The Hall–Kier alpha value is -2.80. The lowest BCUT2D eigenvalue weighted by atomic mass is 10.1. The van der Waals surface area contributed by atoms with Gasteiger partial charge in [0.15, 0.2) is 0 Å². The summed E-state index contributed by atoms with van der Waals surface area (Å²) in [5.74, 6) is 1.82. The summed E-state index contributed by atoms with van der Waals surface area (Å²) >= 11 is 0. The minimum atomic E-state index is -0.968. The highest BCUT2D eigenvalue weighted by atomic mass is 16.5. The summed E-state index contributed by atoms with van der Waals surface area (Å²) in [5, 5.41) is 11.0. The third-order valence-electron chi connectivity index (χ3n) is 4.57. The lowest BCUT2D eigenvalue weighted by molar-refractivity contribution is 0.190. The topological polar surface area (TPSA) is 77.9 Å². The number of benzene rings is 1. The fourth-order valence-corrected chi connectivity index (χ4v) is 3.05. The Labute approximate surface area is 153 Å². The number of aromatic nitrogens is 1. The van der Waals surface area contributed by atoms with Crippen molar-refractivity contribution >= 4 is 11.9 Å². The van der Waals surface area contributed by atoms with Crippen molar-refractivity contribution in [2.75, 3.05) is 51.3 Å². The van der Waals surface area contributed by atoms with Gasteiger partial charge >= 0.3 is 6.09 Å². The van der Waals surface area contributed by atoms with Crippen molar-refractivity contribution in [2.45, 2.75) is 0 Å². The molecule has 138 valence electrons. The van der Waals surface area contributed by atoms with E-state index in [9.17, 15) is 4.79 Å². The van der Waals surface area contributed by atoms with Crippen molar-refractivity contribution in [2.24, 2.45) is 0 Å². The van der Waals surface area contributed by atoms with Crippen LogP contribution in [-0.2, 0) is 0 Å². The number of carboxylic acid groups (broad SMARTS) is 1. The maximum Gasteiger partial charge on any atom is 0.404 e. The SMILES string of the molecule is COc1ccc(-c2ccc(N3CCN(CCNC(=O)O)CC3)nc2)cc1. The standard InChI is InChI=1S/C19H24N4O3/c1-26-17-5-2-15(3-6-17)16-4-7-18(21-14-16)23-12-10-22(11-13-23)9-8-20-19(24)25/h2-7,14,20H,8-13H2,1H3,(H,24,25). The van der Waals surface area contributed by atoms with E-state index in [2.05, 4.69) is 32.2 Å². The number of hydrogen-bond donors (Lipinski definition) is 2. The van der Waals surface area contributed by atoms with Crippen LogP contribution in [0.15, 0.2) is 42.6 Å². The third kappa shape index (κ3) is 4.64. The number of carbonyl (C=O) groups is 1. The molecule has 0 bridgehead atoms. The van der Waals surface area contributed by atoms with Gasteiger partial charge in [0.25, 0.3) is 0 Å². The van der Waals surface area contributed by atoms with E-state index in [1.165, 1.54) is 0 Å². The Morgan fingerprint density at radius 1 is 1.12 bits per heavy atom. The fourth-order valence-electron chi connectivity index (χ4n) is 3.05. The lowest BCUT2D eigenvalue weighted by Gasteiger charge is -2.35. The molecule has 26 heavy (non-hydrogen) atoms. The minimum absolute atomic E-state index is 0.462. The van der Waals surface area contributed by atoms with Crippen LogP contribution in [-0.4, -0.2) is 67.5 Å². The van der Waals surface area contributed by atoms with Crippen LogP contribution >= 0.6 is 0 Å². The summed E-state index contributed by atoms with van der Waals surface area (Å²) in [7, 11) is 1.66. The summed E-state index contributed by atoms with van der Waals surface area (Å²) in [4.78, 5) is 19.6. The predicted octanol–water partition coefficient (Wildman–Crippen LogP) is 2.15. The molecule has 1 aromatic carbocycles. The second-order valence-electron chi connectivity index (χ2n) is 6.19. The van der Waals surface area contributed by atoms with E-state index in [1.54, 1.807) is 7.11 Å². The number of anilines is 1. The van der Waals surface area contributed by atoms with Crippen LogP contribution in [0.5, 0.6) is 5.75 Å². The van der Waals surface area contributed by atoms with Gasteiger partial charge in [-0.25, -0.2) is 9.78 Å². The molecule has 2 N–H and O–H groups in total. The first-order valence-electron chi connectivity index (χ1n) is 8.70. The first-order chi connectivity index (χ1) is 12.7. The van der Waals surface area contributed by atoms with E-state index < -0.39 is 6.09 Å². The van der Waals surface area contributed by atoms with Gasteiger partial charge < -0.3 is 20.1 Å². The van der Waals surface area contributed by atoms with E-state index >= 15 is 0 Å². The largest absolute Gasteiger partial charge is 0.497 e. The number of rotatable bonds is 6. The van der Waals surface area contributed by atoms with Gasteiger partial charge in [-0.2, -0.15) is 0 Å². The summed E-state index contributed by atoms with van der Waals surface area (Å²) in [6.07, 6.45) is 0.935. The van der Waals surface area contributed by atoms with Gasteiger partial charge in [0, 0.05) is 51.0 Å². The second kappa shape index (κ2) is 8.53. The van der Waals surface area contributed by atoms with Crippen molar-refractivity contribution < 1.29 is 14.6 Å². The molecule has 2 heterocycles. The molecule has 7 heteroatoms. The minimum Gasteiger partial charge on any atom is -0.497 e. The number of nitrogens with one attached hydrogen (secondary N) is 1. The van der Waals surface area contributed by atoms with Crippen molar-refractivity contribution in [1.29, 1.82) is 0 Å². The summed E-state index contributed by atoms with van der Waals surface area (Å²) in [5.41, 5.74) is 2.19. The molecule has 1 aromatic heterocycles. The zero-order valence-electron chi connectivity index (χ0n) is 14.9. The Balaban J connectivity index is 1.53. The molecule has 1 saturated heterocycles. The second-order valence-corrected chi connectivity index (χ2v) is 6.19. The van der Waals surface area contributed by atoms with Crippen LogP contribution in [0, 0.1) is 0 Å². The van der Waals surface area contributed by atoms with Gasteiger partial charge in [-0.15, -0.1) is 0 Å². The van der Waals surface area contributed by atoms with Crippen LogP contribution in [0.2, 0.25) is 0 Å². The molecule has 1 aliphatic heterocycles. The number of nitrogens with zero attached hydrogens (tertiary/aromatic N) is 3. The maximum absolute atomic E-state index is 10.5. The molecule has 3 rings (SSSR count). The number of ether oxygens (including phenoxy) is 1. The molecule has 0 aliphatic carbocycles. The molecule has 0 radical (unpaired) electrons. The summed E-state index contributed by atoms with van der Waals surface area (Å²) in [6.45, 7) is 4.80. The van der Waals surface area contributed by atoms with Crippen molar-refractivity contribution in [3.05, 3.63) is 42.6 Å². The quantitative estimate of drug-likeness (QED) is 0.826. The van der Waals surface area contributed by atoms with Crippen molar-refractivity contribution in [3.8, 4) is 16.9 Å². The molecule has 0 atom stereocenters. The Kier molecular flexibility index (Phi) is 5.91. The maximum atomic E-state index is 10.5. The van der Waals surface area contributed by atoms with E-state index in [4.69, 9.17) is 9.84 Å². The number of amides is 1. The molecule has 2 aromatic rings. The summed E-state index contributed by atoms with van der Waals surface area (Å²) < 4.78 is 5.19. The molecule has 1 fully saturated rings. The van der Waals surface area contributed by atoms with Gasteiger partial charge in [-0.05, 0) is 29.8 Å². The van der Waals surface area contributed by atoms with Gasteiger partial charge in [0.2, 0.25) is 0 Å². The molecule has 0 saturated carbocycles. The number of methoxy groups -OCH3 is 1. The molecule has 7 nitrogen and oxygen atoms in total. The zero-order chi connectivity index (χ0) is 18.4. The van der Waals surface area contributed by atoms with E-state index in [0.29, 0.717) is 6.54 Å². The molecular weight excluding hydrogens is 332 g/mol. The highest BCUT2D eigenvalue weighted by molar-refractivity contribution is 5.65. The first-order valence-corrected chi connectivity index (χ1v) is 8.70. The van der Waals surface area contributed by atoms with E-state index in [0.717, 1.165) is 55.4 Å². The highest BCUT2D eigenvalue weighted by Crippen LogP contribution is 2.23. The Bertz CT molecular complexity index is 711. The third-order valence-corrected chi connectivity index (χ3v) is 4.57. The number of hydrogen-bond acceptors (Lipinski definition) is 5. The van der Waals surface area contributed by atoms with Crippen LogP contribution < -0.4 is 15.0 Å². The average Bonchev–Trinajstić information content (AvgIpc) is 2.68. The normalized spacial score (nSPS) is 14.9. The fraction of sp³-hybridized carbons (Fsp3) is 0.368. The van der Waals surface area contributed by atoms with Gasteiger partial charge in [-0.3, -0.25) is 4.90 Å². The molecule has 1 aliphatic rings. The number of pyridine rings is 1. The molecule has 0 unspecified atom stereocenters. The Morgan fingerprint density at radius 2 is 1.81 bits per heavy atom. The predicted molar refractivity (Wildman–Crippen MR) is 101 cm³/mol. The highest BCUT2D eigenvalue weighted by Gasteiger charge is 2.17. The Morgan fingerprint density at radius 3 is 2.38 bits per heavy atom. The zero-order valence-corrected chi connectivity index (χ0v) is 14.9. The van der Waals surface area contributed by atoms with Crippen molar-refractivity contribution in [1.82, 2.24) is 15.2 Å². The van der Waals surface area contributed by atoms with E-state index in [1.807, 2.05) is 30.5 Å². The number of piperazine rings is 1. The lowest BCUT2D eigenvalue weighted by Crippen LogP contribution is -2.48. The van der Waals surface area contributed by atoms with E-state index in [-0.39, 0.29) is 0 Å². The first kappa shape index (κ1) is 18.0. The van der Waals surface area contributed by atoms with Gasteiger partial charge in [-0.1, -0.05) is 12.1 Å². The van der Waals surface area contributed by atoms with Crippen LogP contribution in [0.4, 0.5) is 10.6 Å². The van der Waals surface area contributed by atoms with Crippen LogP contribution in [0.3, 0.4) is 0 Å². The summed E-state index contributed by atoms with van der Waals surface area (Å²) in [6, 6.07) is 12.1. The smallest absolute Gasteiger partial charge is 0.404 e. The molecule has 0 spiro atoms. The van der Waals surface area contributed by atoms with Crippen LogP contribution in [0.25, 0.3) is 11.1 Å². The van der Waals surface area contributed by atoms with Gasteiger partial charge in [0.05, 0.1) is 7.11 Å². The van der Waals surface area contributed by atoms with Gasteiger partial charge in [0.1, 0.15) is 11.6 Å². The monoisotopic (exact) mass is 356 g/mol. The molecular formula is C19H24N4O3. The molecule has 1 amide bonds. The average molecular weight is 356 g/mol.